The van der Waals surface area contributed by atoms with Crippen LogP contribution in [0.3, 0.4) is 0 Å². The fourth-order valence-corrected chi connectivity index (χ4v) is 2.38. The van der Waals surface area contributed by atoms with E-state index in [1.165, 1.54) is 5.56 Å². The van der Waals surface area contributed by atoms with Gasteiger partial charge in [-0.1, -0.05) is 19.1 Å². The zero-order chi connectivity index (χ0) is 17.5. The van der Waals surface area contributed by atoms with Crippen LogP contribution in [-0.2, 0) is 11.2 Å². The van der Waals surface area contributed by atoms with Crippen molar-refractivity contribution in [2.75, 3.05) is 12.4 Å². The number of anilines is 1. The first-order valence-corrected chi connectivity index (χ1v) is 8.10. The van der Waals surface area contributed by atoms with E-state index in [1.54, 1.807) is 31.4 Å². The average Bonchev–Trinajstić information content (AvgIpc) is 2.61. The van der Waals surface area contributed by atoms with Gasteiger partial charge in [-0.15, -0.1) is 0 Å². The van der Waals surface area contributed by atoms with E-state index < -0.39 is 0 Å². The normalized spacial score (nSPS) is 10.3. The molecule has 4 heteroatoms. The van der Waals surface area contributed by atoms with E-state index in [9.17, 15) is 9.59 Å². The second-order valence-corrected chi connectivity index (χ2v) is 5.70. The van der Waals surface area contributed by atoms with Crippen LogP contribution in [0.5, 0.6) is 5.75 Å². The van der Waals surface area contributed by atoms with Crippen LogP contribution in [0.2, 0.25) is 0 Å². The van der Waals surface area contributed by atoms with Crippen LogP contribution >= 0.6 is 0 Å². The van der Waals surface area contributed by atoms with Crippen LogP contribution < -0.4 is 10.1 Å². The Morgan fingerprint density at radius 2 is 1.75 bits per heavy atom. The van der Waals surface area contributed by atoms with Gasteiger partial charge in [0.2, 0.25) is 5.91 Å². The van der Waals surface area contributed by atoms with Crippen molar-refractivity contribution in [3.63, 3.8) is 0 Å². The summed E-state index contributed by atoms with van der Waals surface area (Å²) in [4.78, 5) is 24.3. The fourth-order valence-electron chi connectivity index (χ4n) is 2.38. The fraction of sp³-hybridized carbons (Fsp3) is 0.300. The van der Waals surface area contributed by atoms with Gasteiger partial charge >= 0.3 is 0 Å². The Labute approximate surface area is 142 Å². The van der Waals surface area contributed by atoms with Crippen molar-refractivity contribution in [2.45, 2.75) is 33.1 Å². The quantitative estimate of drug-likeness (QED) is 0.777. The number of Topliss-reactive ketones (excluding diaryl/α,β-unsaturated/α-hetero) is 1. The highest BCUT2D eigenvalue weighted by Crippen LogP contribution is 2.18. The van der Waals surface area contributed by atoms with Gasteiger partial charge in [0, 0.05) is 24.1 Å². The largest absolute Gasteiger partial charge is 0.497 e. The lowest BCUT2D eigenvalue weighted by Gasteiger charge is -2.10. The summed E-state index contributed by atoms with van der Waals surface area (Å²) < 4.78 is 5.07. The third-order valence-corrected chi connectivity index (χ3v) is 3.98. The molecule has 0 saturated heterocycles. The van der Waals surface area contributed by atoms with Crippen molar-refractivity contribution in [1.82, 2.24) is 0 Å². The Morgan fingerprint density at radius 1 is 1.04 bits per heavy atom. The molecule has 2 rings (SSSR count). The number of hydrogen-bond acceptors (Lipinski definition) is 3. The molecule has 1 N–H and O–H groups in total. The minimum atomic E-state index is -0.145. The second kappa shape index (κ2) is 8.29. The first-order valence-electron chi connectivity index (χ1n) is 8.10. The molecule has 0 fully saturated rings. The van der Waals surface area contributed by atoms with E-state index in [0.29, 0.717) is 11.3 Å². The standard InChI is InChI=1S/C20H23NO3/c1-4-15-6-5-14(2)18(13-15)21-20(23)12-11-19(22)16-7-9-17(24-3)10-8-16/h5-10,13H,4,11-12H2,1-3H3,(H,21,23). The van der Waals surface area contributed by atoms with Crippen LogP contribution in [-0.4, -0.2) is 18.8 Å². The third-order valence-electron chi connectivity index (χ3n) is 3.98. The van der Waals surface area contributed by atoms with Crippen molar-refractivity contribution in [3.05, 3.63) is 59.2 Å². The molecule has 126 valence electrons. The zero-order valence-corrected chi connectivity index (χ0v) is 14.4. The van der Waals surface area contributed by atoms with E-state index in [-0.39, 0.29) is 24.5 Å². The first-order chi connectivity index (χ1) is 11.5. The Kier molecular flexibility index (Phi) is 6.13. The van der Waals surface area contributed by atoms with Crippen molar-refractivity contribution >= 4 is 17.4 Å². The number of benzene rings is 2. The SMILES string of the molecule is CCc1ccc(C)c(NC(=O)CCC(=O)c2ccc(OC)cc2)c1. The summed E-state index contributed by atoms with van der Waals surface area (Å²) in [6.45, 7) is 4.03. The van der Waals surface area contributed by atoms with Crippen molar-refractivity contribution in [3.8, 4) is 5.75 Å². The van der Waals surface area contributed by atoms with Gasteiger partial charge in [-0.05, 0) is 54.8 Å². The third kappa shape index (κ3) is 4.69. The summed E-state index contributed by atoms with van der Waals surface area (Å²) in [6.07, 6.45) is 1.27. The summed E-state index contributed by atoms with van der Waals surface area (Å²) in [7, 11) is 1.58. The Bertz CT molecular complexity index is 720. The minimum Gasteiger partial charge on any atom is -0.497 e. The van der Waals surface area contributed by atoms with Gasteiger partial charge < -0.3 is 10.1 Å². The van der Waals surface area contributed by atoms with Crippen molar-refractivity contribution < 1.29 is 14.3 Å². The maximum atomic E-state index is 12.1. The molecule has 0 heterocycles. The number of rotatable bonds is 7. The number of carbonyl (C=O) groups is 2. The van der Waals surface area contributed by atoms with Crippen LogP contribution in [0.4, 0.5) is 5.69 Å². The molecule has 0 radical (unpaired) electrons. The van der Waals surface area contributed by atoms with Gasteiger partial charge in [0.15, 0.2) is 5.78 Å². The van der Waals surface area contributed by atoms with E-state index >= 15 is 0 Å². The molecule has 0 aliphatic rings. The molecule has 0 spiro atoms. The van der Waals surface area contributed by atoms with E-state index in [4.69, 9.17) is 4.74 Å². The Morgan fingerprint density at radius 3 is 2.38 bits per heavy atom. The molecular formula is C20H23NO3. The highest BCUT2D eigenvalue weighted by atomic mass is 16.5. The Hall–Kier alpha value is -2.62. The number of hydrogen-bond donors (Lipinski definition) is 1. The summed E-state index contributed by atoms with van der Waals surface area (Å²) in [6, 6.07) is 13.0. The van der Waals surface area contributed by atoms with Gasteiger partial charge in [0.1, 0.15) is 5.75 Å². The second-order valence-electron chi connectivity index (χ2n) is 5.70. The lowest BCUT2D eigenvalue weighted by Crippen LogP contribution is -2.14. The molecule has 0 aromatic heterocycles. The lowest BCUT2D eigenvalue weighted by molar-refractivity contribution is -0.116. The van der Waals surface area contributed by atoms with Gasteiger partial charge in [-0.2, -0.15) is 0 Å². The highest BCUT2D eigenvalue weighted by Gasteiger charge is 2.11. The lowest BCUT2D eigenvalue weighted by atomic mass is 10.1. The maximum Gasteiger partial charge on any atom is 0.224 e. The number of amides is 1. The summed E-state index contributed by atoms with van der Waals surface area (Å²) in [5.74, 6) is 0.510. The molecule has 0 unspecified atom stereocenters. The number of nitrogens with one attached hydrogen (secondary N) is 1. The van der Waals surface area contributed by atoms with Crippen molar-refractivity contribution in [2.24, 2.45) is 0 Å². The number of carbonyl (C=O) groups excluding carboxylic acids is 2. The Balaban J connectivity index is 1.91. The van der Waals surface area contributed by atoms with Gasteiger partial charge in [0.05, 0.1) is 7.11 Å². The van der Waals surface area contributed by atoms with Gasteiger partial charge in [-0.25, -0.2) is 0 Å². The molecule has 1 amide bonds. The molecule has 2 aromatic rings. The predicted octanol–water partition coefficient (Wildman–Crippen LogP) is 4.17. The molecule has 24 heavy (non-hydrogen) atoms. The molecule has 0 bridgehead atoms. The average molecular weight is 325 g/mol. The number of methoxy groups -OCH3 is 1. The van der Waals surface area contributed by atoms with E-state index in [1.807, 2.05) is 19.1 Å². The molecule has 0 aliphatic heterocycles. The molecule has 0 atom stereocenters. The van der Waals surface area contributed by atoms with Crippen LogP contribution in [0, 0.1) is 6.92 Å². The topological polar surface area (TPSA) is 55.4 Å². The number of ether oxygens (including phenoxy) is 1. The zero-order valence-electron chi connectivity index (χ0n) is 14.4. The summed E-state index contributed by atoms with van der Waals surface area (Å²) in [5.41, 5.74) is 3.59. The van der Waals surface area contributed by atoms with Crippen LogP contribution in [0.25, 0.3) is 0 Å². The molecule has 0 aliphatic carbocycles. The molecule has 2 aromatic carbocycles. The molecule has 4 nitrogen and oxygen atoms in total. The predicted molar refractivity (Wildman–Crippen MR) is 95.7 cm³/mol. The monoisotopic (exact) mass is 325 g/mol. The highest BCUT2D eigenvalue weighted by molar-refractivity contribution is 6.00. The smallest absolute Gasteiger partial charge is 0.224 e. The van der Waals surface area contributed by atoms with Gasteiger partial charge in [-0.3, -0.25) is 9.59 Å². The van der Waals surface area contributed by atoms with Crippen LogP contribution in [0.1, 0.15) is 41.3 Å². The maximum absolute atomic E-state index is 12.1. The van der Waals surface area contributed by atoms with Gasteiger partial charge in [0.25, 0.3) is 0 Å². The van der Waals surface area contributed by atoms with E-state index in [2.05, 4.69) is 18.3 Å². The number of ketones is 1. The molecule has 0 saturated carbocycles. The van der Waals surface area contributed by atoms with Crippen molar-refractivity contribution in [1.29, 1.82) is 0 Å². The molecular weight excluding hydrogens is 302 g/mol. The summed E-state index contributed by atoms with van der Waals surface area (Å²) >= 11 is 0. The summed E-state index contributed by atoms with van der Waals surface area (Å²) in [5, 5.41) is 2.90. The minimum absolute atomic E-state index is 0.0492. The number of aryl methyl sites for hydroxylation is 2. The first kappa shape index (κ1) is 17.7. The van der Waals surface area contributed by atoms with Crippen LogP contribution in [0.15, 0.2) is 42.5 Å². The van der Waals surface area contributed by atoms with E-state index in [0.717, 1.165) is 17.7 Å².